The molecule has 4 rings (SSSR count). The van der Waals surface area contributed by atoms with E-state index in [1.807, 2.05) is 30.3 Å². The van der Waals surface area contributed by atoms with Crippen molar-refractivity contribution >= 4 is 23.2 Å². The third kappa shape index (κ3) is 7.49. The number of hydrogen-bond donors (Lipinski definition) is 2. The van der Waals surface area contributed by atoms with Crippen molar-refractivity contribution in [3.8, 4) is 23.1 Å². The summed E-state index contributed by atoms with van der Waals surface area (Å²) in [5, 5.41) is 15.6. The zero-order chi connectivity index (χ0) is 26.0. The number of rotatable bonds is 10. The highest BCUT2D eigenvalue weighted by Crippen LogP contribution is 2.25. The van der Waals surface area contributed by atoms with Crippen molar-refractivity contribution in [1.82, 2.24) is 14.9 Å². The number of aromatic nitrogens is 2. The second-order valence-corrected chi connectivity index (χ2v) is 9.09. The number of nitrogens with one attached hydrogen (secondary N) is 2. The Morgan fingerprint density at radius 2 is 1.95 bits per heavy atom. The molecule has 9 heteroatoms. The van der Waals surface area contributed by atoms with E-state index in [0.29, 0.717) is 29.5 Å². The van der Waals surface area contributed by atoms with Crippen LogP contribution in [0.2, 0.25) is 0 Å². The van der Waals surface area contributed by atoms with E-state index < -0.39 is 0 Å². The van der Waals surface area contributed by atoms with Crippen LogP contribution in [0.5, 0.6) is 5.75 Å². The average Bonchev–Trinajstić information content (AvgIpc) is 2.93. The van der Waals surface area contributed by atoms with E-state index in [1.54, 1.807) is 38.2 Å². The summed E-state index contributed by atoms with van der Waals surface area (Å²) in [5.41, 5.74) is 3.12. The Kier molecular flexibility index (Phi) is 9.03. The predicted octanol–water partition coefficient (Wildman–Crippen LogP) is 4.45. The first-order valence-electron chi connectivity index (χ1n) is 12.5. The summed E-state index contributed by atoms with van der Waals surface area (Å²) in [6, 6.07) is 16.9. The van der Waals surface area contributed by atoms with Crippen molar-refractivity contribution in [1.29, 1.82) is 5.26 Å². The van der Waals surface area contributed by atoms with Gasteiger partial charge in [-0.05, 0) is 48.9 Å². The van der Waals surface area contributed by atoms with Crippen molar-refractivity contribution < 1.29 is 14.3 Å². The molecule has 0 aliphatic carbocycles. The number of amides is 1. The van der Waals surface area contributed by atoms with Gasteiger partial charge in [0.05, 0.1) is 36.8 Å². The Labute approximate surface area is 217 Å². The third-order valence-electron chi connectivity index (χ3n) is 5.98. The van der Waals surface area contributed by atoms with Gasteiger partial charge in [-0.3, -0.25) is 9.69 Å². The van der Waals surface area contributed by atoms with Crippen LogP contribution in [-0.4, -0.2) is 60.2 Å². The van der Waals surface area contributed by atoms with E-state index >= 15 is 0 Å². The summed E-state index contributed by atoms with van der Waals surface area (Å²) < 4.78 is 11.3. The zero-order valence-corrected chi connectivity index (χ0v) is 21.2. The normalized spacial score (nSPS) is 13.7. The van der Waals surface area contributed by atoms with Gasteiger partial charge in [-0.15, -0.1) is 0 Å². The molecule has 192 valence electrons. The van der Waals surface area contributed by atoms with E-state index in [2.05, 4.69) is 31.6 Å². The molecule has 0 unspecified atom stereocenters. The molecule has 1 amide bonds. The van der Waals surface area contributed by atoms with E-state index in [0.717, 1.165) is 56.3 Å². The standard InChI is InChI=1S/C28H32N6O3/c1-20(2)27(35)32-25-9-4-21(18-22(25)19-29)26-10-11-30-28(33-26)31-23-5-7-24(8-6-23)37-15-3-12-34-13-16-36-17-14-34/h4-11,18,20H,3,12-17H2,1-2H3,(H,32,35)(H,30,31,33). The van der Waals surface area contributed by atoms with E-state index in [9.17, 15) is 10.1 Å². The molecule has 0 bridgehead atoms. The van der Waals surface area contributed by atoms with Gasteiger partial charge in [-0.1, -0.05) is 19.9 Å². The van der Waals surface area contributed by atoms with Crippen LogP contribution in [0.15, 0.2) is 54.7 Å². The summed E-state index contributed by atoms with van der Waals surface area (Å²) in [7, 11) is 0. The van der Waals surface area contributed by atoms with E-state index in [4.69, 9.17) is 9.47 Å². The van der Waals surface area contributed by atoms with Crippen molar-refractivity contribution in [2.24, 2.45) is 5.92 Å². The Balaban J connectivity index is 1.34. The van der Waals surface area contributed by atoms with Crippen LogP contribution < -0.4 is 15.4 Å². The average molecular weight is 501 g/mol. The van der Waals surface area contributed by atoms with Gasteiger partial charge in [0.2, 0.25) is 11.9 Å². The molecule has 0 radical (unpaired) electrons. The van der Waals surface area contributed by atoms with Gasteiger partial charge in [0.15, 0.2) is 0 Å². The number of hydrogen-bond acceptors (Lipinski definition) is 8. The minimum atomic E-state index is -0.178. The highest BCUT2D eigenvalue weighted by Gasteiger charge is 2.13. The maximum atomic E-state index is 12.0. The van der Waals surface area contributed by atoms with Crippen molar-refractivity contribution in [2.75, 3.05) is 50.1 Å². The van der Waals surface area contributed by atoms with Crippen molar-refractivity contribution in [3.05, 3.63) is 60.3 Å². The number of ether oxygens (including phenoxy) is 2. The molecule has 2 N–H and O–H groups in total. The summed E-state index contributed by atoms with van der Waals surface area (Å²) in [6.07, 6.45) is 2.64. The summed E-state index contributed by atoms with van der Waals surface area (Å²) in [4.78, 5) is 23.3. The molecule has 1 aliphatic heterocycles. The fourth-order valence-corrected chi connectivity index (χ4v) is 3.83. The second-order valence-electron chi connectivity index (χ2n) is 9.09. The van der Waals surface area contributed by atoms with Crippen LogP contribution in [0.4, 0.5) is 17.3 Å². The van der Waals surface area contributed by atoms with Crippen LogP contribution in [0, 0.1) is 17.2 Å². The molecule has 2 aromatic carbocycles. The number of nitriles is 1. The first-order valence-corrected chi connectivity index (χ1v) is 12.5. The predicted molar refractivity (Wildman–Crippen MR) is 143 cm³/mol. The fourth-order valence-electron chi connectivity index (χ4n) is 3.83. The second kappa shape index (κ2) is 12.8. The van der Waals surface area contributed by atoms with Gasteiger partial charge in [0.25, 0.3) is 0 Å². The lowest BCUT2D eigenvalue weighted by molar-refractivity contribution is -0.118. The molecule has 3 aromatic rings. The molecule has 2 heterocycles. The van der Waals surface area contributed by atoms with E-state index in [-0.39, 0.29) is 11.8 Å². The first kappa shape index (κ1) is 26.1. The molecule has 0 saturated carbocycles. The monoisotopic (exact) mass is 500 g/mol. The number of benzene rings is 2. The Morgan fingerprint density at radius 1 is 1.16 bits per heavy atom. The van der Waals surface area contributed by atoms with Crippen LogP contribution in [0.1, 0.15) is 25.8 Å². The number of carbonyl (C=O) groups is 1. The molecule has 1 aliphatic rings. The topological polar surface area (TPSA) is 112 Å². The molecule has 37 heavy (non-hydrogen) atoms. The summed E-state index contributed by atoms with van der Waals surface area (Å²) in [5.74, 6) is 0.938. The maximum absolute atomic E-state index is 12.0. The van der Waals surface area contributed by atoms with Crippen LogP contribution in [0.3, 0.4) is 0 Å². The third-order valence-corrected chi connectivity index (χ3v) is 5.98. The molecular weight excluding hydrogens is 468 g/mol. The molecule has 1 saturated heterocycles. The zero-order valence-electron chi connectivity index (χ0n) is 21.2. The fraction of sp³-hybridized carbons (Fsp3) is 0.357. The smallest absolute Gasteiger partial charge is 0.227 e. The first-order chi connectivity index (χ1) is 18.0. The molecule has 0 spiro atoms. The highest BCUT2D eigenvalue weighted by atomic mass is 16.5. The molecule has 1 fully saturated rings. The molecule has 9 nitrogen and oxygen atoms in total. The SMILES string of the molecule is CC(C)C(=O)Nc1ccc(-c2ccnc(Nc3ccc(OCCCN4CCOCC4)cc3)n2)cc1C#N. The van der Waals surface area contributed by atoms with Gasteiger partial charge in [0, 0.05) is 43.0 Å². The van der Waals surface area contributed by atoms with Crippen molar-refractivity contribution in [3.63, 3.8) is 0 Å². The van der Waals surface area contributed by atoms with Gasteiger partial charge < -0.3 is 20.1 Å². The minimum absolute atomic E-state index is 0.137. The Bertz CT molecular complexity index is 1230. The van der Waals surface area contributed by atoms with Gasteiger partial charge >= 0.3 is 0 Å². The van der Waals surface area contributed by atoms with Crippen LogP contribution in [-0.2, 0) is 9.53 Å². The molecular formula is C28H32N6O3. The summed E-state index contributed by atoms with van der Waals surface area (Å²) in [6.45, 7) is 8.90. The Morgan fingerprint density at radius 3 is 2.68 bits per heavy atom. The number of anilines is 3. The number of morpholine rings is 1. The largest absolute Gasteiger partial charge is 0.494 e. The Hall–Kier alpha value is -4.00. The lowest BCUT2D eigenvalue weighted by Gasteiger charge is -2.26. The quantitative estimate of drug-likeness (QED) is 0.393. The van der Waals surface area contributed by atoms with E-state index in [1.165, 1.54) is 0 Å². The van der Waals surface area contributed by atoms with Crippen LogP contribution in [0.25, 0.3) is 11.3 Å². The number of nitrogens with zero attached hydrogens (tertiary/aromatic N) is 4. The molecule has 1 aromatic heterocycles. The molecule has 0 atom stereocenters. The summed E-state index contributed by atoms with van der Waals surface area (Å²) >= 11 is 0. The number of carbonyl (C=O) groups excluding carboxylic acids is 1. The highest BCUT2D eigenvalue weighted by molar-refractivity contribution is 5.93. The van der Waals surface area contributed by atoms with Gasteiger partial charge in [0.1, 0.15) is 11.8 Å². The lowest BCUT2D eigenvalue weighted by Crippen LogP contribution is -2.37. The van der Waals surface area contributed by atoms with Gasteiger partial charge in [-0.2, -0.15) is 5.26 Å². The van der Waals surface area contributed by atoms with Gasteiger partial charge in [-0.25, -0.2) is 9.97 Å². The minimum Gasteiger partial charge on any atom is -0.494 e. The maximum Gasteiger partial charge on any atom is 0.227 e. The van der Waals surface area contributed by atoms with Crippen LogP contribution >= 0.6 is 0 Å². The van der Waals surface area contributed by atoms with Crippen molar-refractivity contribution in [2.45, 2.75) is 20.3 Å². The lowest BCUT2D eigenvalue weighted by atomic mass is 10.1.